The first-order valence-electron chi connectivity index (χ1n) is 14.9. The summed E-state index contributed by atoms with van der Waals surface area (Å²) in [6.07, 6.45) is 6.66. The van der Waals surface area contributed by atoms with E-state index in [4.69, 9.17) is 24.5 Å². The molecule has 220 valence electrons. The van der Waals surface area contributed by atoms with E-state index < -0.39 is 6.09 Å². The smallest absolute Gasteiger partial charge is 0.404 e. The van der Waals surface area contributed by atoms with E-state index in [1.807, 2.05) is 23.9 Å². The normalized spacial score (nSPS) is 25.4. The lowest BCUT2D eigenvalue weighted by Crippen LogP contribution is -2.54. The third-order valence-electron chi connectivity index (χ3n) is 9.33. The molecule has 3 aromatic heterocycles. The molecule has 13 heteroatoms. The molecule has 1 unspecified atom stereocenters. The Morgan fingerprint density at radius 3 is 2.79 bits per heavy atom. The maximum Gasteiger partial charge on any atom is 0.404 e. The predicted octanol–water partition coefficient (Wildman–Crippen LogP) is 3.52. The first-order chi connectivity index (χ1) is 20.5. The molecule has 0 bridgehead atoms. The molecule has 2 N–H and O–H groups in total. The van der Waals surface area contributed by atoms with Crippen LogP contribution in [0.2, 0.25) is 0 Å². The monoisotopic (exact) mass is 573 g/mol. The van der Waals surface area contributed by atoms with Crippen molar-refractivity contribution in [1.29, 1.82) is 5.26 Å². The fourth-order valence-electron chi connectivity index (χ4n) is 7.09. The number of nitriles is 1. The number of ether oxygens (including phenoxy) is 2. The van der Waals surface area contributed by atoms with Crippen molar-refractivity contribution in [1.82, 2.24) is 30.0 Å². The van der Waals surface area contributed by atoms with Gasteiger partial charge in [0.05, 0.1) is 36.3 Å². The third kappa shape index (κ3) is 4.59. The molecule has 1 amide bonds. The second-order valence-electron chi connectivity index (χ2n) is 11.8. The summed E-state index contributed by atoms with van der Waals surface area (Å²) in [5.41, 5.74) is 3.43. The highest BCUT2D eigenvalue weighted by atomic mass is 16.5. The van der Waals surface area contributed by atoms with Gasteiger partial charge in [-0.1, -0.05) is 0 Å². The lowest BCUT2D eigenvalue weighted by molar-refractivity contribution is -0.0368. The number of nitrogens with zero attached hydrogens (tertiary/aromatic N) is 8. The summed E-state index contributed by atoms with van der Waals surface area (Å²) in [6, 6.07) is 5.61. The van der Waals surface area contributed by atoms with E-state index in [9.17, 15) is 15.2 Å². The number of anilines is 3. The molecular weight excluding hydrogens is 538 g/mol. The van der Waals surface area contributed by atoms with Gasteiger partial charge in [0.25, 0.3) is 0 Å². The van der Waals surface area contributed by atoms with Crippen molar-refractivity contribution >= 4 is 34.6 Å². The Morgan fingerprint density at radius 2 is 2.02 bits per heavy atom. The van der Waals surface area contributed by atoms with Crippen LogP contribution in [-0.4, -0.2) is 80.9 Å². The van der Waals surface area contributed by atoms with Gasteiger partial charge in [-0.2, -0.15) is 5.26 Å². The van der Waals surface area contributed by atoms with Crippen molar-refractivity contribution in [2.75, 3.05) is 42.6 Å². The molecule has 7 rings (SSSR count). The minimum Gasteiger partial charge on any atom is -0.465 e. The maximum atomic E-state index is 11.5. The van der Waals surface area contributed by atoms with Crippen LogP contribution in [0.3, 0.4) is 0 Å². The Labute approximate surface area is 243 Å². The first kappa shape index (κ1) is 26.9. The van der Waals surface area contributed by atoms with Crippen molar-refractivity contribution in [3.63, 3.8) is 0 Å². The summed E-state index contributed by atoms with van der Waals surface area (Å²) in [7, 11) is 0. The second kappa shape index (κ2) is 10.7. The standard InChI is InChI=1S/C29H35N9O4/c1-18-25(34-28(39)40)29(17-42-18)9-12-36(13-10-29)22-16-31-24-26(33-22)38(23-6-2-3-14-41-23)35-27(24)37-11-4-5-20-21(37)8-7-19(15-30)32-20/h7-8,16,18,23,25,34H,2-6,9-14,17H2,1H3,(H,39,40)/t18-,23?,25+/m0/s1. The number of rotatable bonds is 4. The van der Waals surface area contributed by atoms with E-state index in [1.165, 1.54) is 0 Å². The van der Waals surface area contributed by atoms with E-state index >= 15 is 0 Å². The number of carboxylic acid groups (broad SMARTS) is 1. The van der Waals surface area contributed by atoms with Gasteiger partial charge >= 0.3 is 6.09 Å². The maximum absolute atomic E-state index is 11.5. The third-order valence-corrected chi connectivity index (χ3v) is 9.33. The van der Waals surface area contributed by atoms with Gasteiger partial charge < -0.3 is 29.7 Å². The molecule has 4 aliphatic heterocycles. The minimum absolute atomic E-state index is 0.159. The number of fused-ring (bicyclic) bond motifs is 2. The Bertz CT molecular complexity index is 1540. The minimum atomic E-state index is -1.01. The topological polar surface area (TPSA) is 155 Å². The van der Waals surface area contributed by atoms with Gasteiger partial charge in [0.2, 0.25) is 0 Å². The van der Waals surface area contributed by atoms with Crippen molar-refractivity contribution in [3.8, 4) is 6.07 Å². The average molecular weight is 574 g/mol. The van der Waals surface area contributed by atoms with E-state index in [0.717, 1.165) is 87.6 Å². The number of hydrogen-bond acceptors (Lipinski definition) is 10. The Balaban J connectivity index is 1.22. The fourth-order valence-corrected chi connectivity index (χ4v) is 7.09. The zero-order valence-corrected chi connectivity index (χ0v) is 23.7. The van der Waals surface area contributed by atoms with Gasteiger partial charge in [0.1, 0.15) is 17.6 Å². The highest BCUT2D eigenvalue weighted by Gasteiger charge is 2.50. The quantitative estimate of drug-likeness (QED) is 0.471. The van der Waals surface area contributed by atoms with Gasteiger partial charge in [-0.25, -0.2) is 24.4 Å². The molecule has 0 radical (unpaired) electrons. The molecule has 7 heterocycles. The summed E-state index contributed by atoms with van der Waals surface area (Å²) in [5, 5.41) is 26.5. The van der Waals surface area contributed by atoms with Crippen LogP contribution >= 0.6 is 0 Å². The van der Waals surface area contributed by atoms with Gasteiger partial charge in [0.15, 0.2) is 23.2 Å². The number of nitrogens with one attached hydrogen (secondary N) is 1. The molecule has 0 saturated carbocycles. The van der Waals surface area contributed by atoms with Gasteiger partial charge in [-0.05, 0) is 64.0 Å². The highest BCUT2D eigenvalue weighted by molar-refractivity contribution is 5.88. The fraction of sp³-hybridized carbons (Fsp3) is 0.586. The highest BCUT2D eigenvalue weighted by Crippen LogP contribution is 2.43. The molecule has 3 atom stereocenters. The van der Waals surface area contributed by atoms with Crippen molar-refractivity contribution in [3.05, 3.63) is 29.7 Å². The summed E-state index contributed by atoms with van der Waals surface area (Å²) >= 11 is 0. The van der Waals surface area contributed by atoms with Gasteiger partial charge in [-0.3, -0.25) is 0 Å². The predicted molar refractivity (Wildman–Crippen MR) is 153 cm³/mol. The lowest BCUT2D eigenvalue weighted by Gasteiger charge is -2.42. The zero-order valence-electron chi connectivity index (χ0n) is 23.7. The van der Waals surface area contributed by atoms with E-state index in [1.54, 1.807) is 6.07 Å². The number of pyridine rings is 1. The molecule has 3 aromatic rings. The van der Waals surface area contributed by atoms with Crippen LogP contribution in [0, 0.1) is 16.7 Å². The van der Waals surface area contributed by atoms with Crippen molar-refractivity contribution in [2.45, 2.75) is 70.2 Å². The van der Waals surface area contributed by atoms with Crippen LogP contribution in [0.1, 0.15) is 63.1 Å². The summed E-state index contributed by atoms with van der Waals surface area (Å²) in [5.74, 6) is 1.50. The molecular formula is C29H35N9O4. The van der Waals surface area contributed by atoms with E-state index in [0.29, 0.717) is 30.1 Å². The molecule has 42 heavy (non-hydrogen) atoms. The lowest BCUT2D eigenvalue weighted by atomic mass is 9.73. The summed E-state index contributed by atoms with van der Waals surface area (Å²) in [6.45, 7) is 5.38. The number of carbonyl (C=O) groups is 1. The molecule has 1 spiro atoms. The van der Waals surface area contributed by atoms with Crippen LogP contribution in [0.5, 0.6) is 0 Å². The Hall–Kier alpha value is -4.02. The van der Waals surface area contributed by atoms with Gasteiger partial charge in [-0.15, -0.1) is 5.10 Å². The van der Waals surface area contributed by atoms with Crippen LogP contribution in [0.4, 0.5) is 22.1 Å². The number of hydrogen-bond donors (Lipinski definition) is 2. The Kier molecular flexibility index (Phi) is 6.82. The van der Waals surface area contributed by atoms with Crippen LogP contribution < -0.4 is 15.1 Å². The molecule has 3 fully saturated rings. The second-order valence-corrected chi connectivity index (χ2v) is 11.8. The average Bonchev–Trinajstić information content (AvgIpc) is 3.54. The molecule has 0 aliphatic carbocycles. The van der Waals surface area contributed by atoms with Crippen LogP contribution in [-0.2, 0) is 15.9 Å². The van der Waals surface area contributed by atoms with Crippen molar-refractivity contribution < 1.29 is 19.4 Å². The van der Waals surface area contributed by atoms with Crippen LogP contribution in [0.25, 0.3) is 11.2 Å². The SMILES string of the molecule is C[C@@H]1OCC2(CCN(c3cnc4c(N5CCCc6nc(C#N)ccc65)nn(C5CCCCO5)c4n3)CC2)[C@@H]1NC(=O)O. The Morgan fingerprint density at radius 1 is 1.17 bits per heavy atom. The van der Waals surface area contributed by atoms with Gasteiger partial charge in [0, 0.05) is 31.7 Å². The first-order valence-corrected chi connectivity index (χ1v) is 14.9. The zero-order chi connectivity index (χ0) is 28.8. The number of piperidine rings is 1. The number of aromatic nitrogens is 5. The summed E-state index contributed by atoms with van der Waals surface area (Å²) < 4.78 is 14.0. The number of aryl methyl sites for hydroxylation is 1. The molecule has 13 nitrogen and oxygen atoms in total. The van der Waals surface area contributed by atoms with E-state index in [2.05, 4.69) is 26.2 Å². The molecule has 3 saturated heterocycles. The molecule has 4 aliphatic rings. The van der Waals surface area contributed by atoms with Crippen molar-refractivity contribution in [2.24, 2.45) is 5.41 Å². The molecule has 0 aromatic carbocycles. The van der Waals surface area contributed by atoms with E-state index in [-0.39, 0.29) is 23.8 Å². The van der Waals surface area contributed by atoms with Crippen LogP contribution in [0.15, 0.2) is 18.3 Å². The largest absolute Gasteiger partial charge is 0.465 e. The summed E-state index contributed by atoms with van der Waals surface area (Å²) in [4.78, 5) is 30.5. The number of amides is 1.